The molecule has 1 unspecified atom stereocenters. The molecule has 1 aromatic rings. The number of hydrogen-bond acceptors (Lipinski definition) is 4. The molecule has 1 saturated heterocycles. The molecule has 0 aliphatic carbocycles. The average molecular weight is 557 g/mol. The highest BCUT2D eigenvalue weighted by molar-refractivity contribution is 9.10. The number of nitrogens with zero attached hydrogens (tertiary/aromatic N) is 3. The van der Waals surface area contributed by atoms with E-state index in [2.05, 4.69) is 41.7 Å². The van der Waals surface area contributed by atoms with Crippen LogP contribution in [0.1, 0.15) is 130 Å². The third-order valence-corrected chi connectivity index (χ3v) is 6.78. The summed E-state index contributed by atoms with van der Waals surface area (Å²) in [5.41, 5.74) is -0.0235. The van der Waals surface area contributed by atoms with Crippen molar-refractivity contribution < 1.29 is 14.3 Å². The number of unbranched alkanes of at least 4 members (excludes halogenated alkanes) is 8. The summed E-state index contributed by atoms with van der Waals surface area (Å²) in [7, 11) is 0. The third kappa shape index (κ3) is 12.1. The smallest absolute Gasteiger partial charge is 0.410 e. The molecular formula is C28H50BrN3O3. The number of amides is 1. The van der Waals surface area contributed by atoms with Crippen LogP contribution in [0.25, 0.3) is 0 Å². The van der Waals surface area contributed by atoms with Gasteiger partial charge in [0.05, 0.1) is 6.04 Å². The first-order chi connectivity index (χ1) is 16.5. The highest BCUT2D eigenvalue weighted by atomic mass is 79.9. The summed E-state index contributed by atoms with van der Waals surface area (Å²) < 4.78 is 14.4. The Kier molecular flexibility index (Phi) is 12.6. The van der Waals surface area contributed by atoms with E-state index in [1.54, 1.807) is 4.90 Å². The van der Waals surface area contributed by atoms with Gasteiger partial charge in [0.1, 0.15) is 22.8 Å². The summed E-state index contributed by atoms with van der Waals surface area (Å²) in [5, 5.41) is 0. The first-order valence-corrected chi connectivity index (χ1v) is 14.6. The molecule has 0 bridgehead atoms. The summed E-state index contributed by atoms with van der Waals surface area (Å²) in [4.78, 5) is 19.2. The standard InChI is InChI=1S/C28H50BrN3O3/c1-27(2,3)18-14-12-10-8-7-9-11-13-15-20-34-22-31-21-24(29)30-25(31)23-17-16-19-32(23)26(33)35-28(4,5)6/h21,23H,7-20,22H2,1-6H3. The van der Waals surface area contributed by atoms with Gasteiger partial charge < -0.3 is 14.0 Å². The zero-order valence-electron chi connectivity index (χ0n) is 23.2. The number of hydrogen-bond donors (Lipinski definition) is 0. The van der Waals surface area contributed by atoms with E-state index in [9.17, 15) is 4.79 Å². The predicted octanol–water partition coefficient (Wildman–Crippen LogP) is 8.64. The highest BCUT2D eigenvalue weighted by Gasteiger charge is 2.35. The number of halogens is 1. The lowest BCUT2D eigenvalue weighted by molar-refractivity contribution is 0.0201. The van der Waals surface area contributed by atoms with Crippen LogP contribution in [0.3, 0.4) is 0 Å². The molecule has 35 heavy (non-hydrogen) atoms. The molecule has 2 rings (SSSR count). The molecular weight excluding hydrogens is 506 g/mol. The van der Waals surface area contributed by atoms with Gasteiger partial charge in [0.2, 0.25) is 0 Å². The lowest BCUT2D eigenvalue weighted by Gasteiger charge is -2.28. The molecule has 0 spiro atoms. The largest absolute Gasteiger partial charge is 0.444 e. The maximum absolute atomic E-state index is 12.7. The van der Waals surface area contributed by atoms with Crippen LogP contribution in [0.4, 0.5) is 4.79 Å². The van der Waals surface area contributed by atoms with Gasteiger partial charge in [-0.1, -0.05) is 72.1 Å². The summed E-state index contributed by atoms with van der Waals surface area (Å²) in [6.45, 7) is 14.6. The van der Waals surface area contributed by atoms with Crippen LogP contribution in [0.2, 0.25) is 0 Å². The van der Waals surface area contributed by atoms with E-state index in [4.69, 9.17) is 9.47 Å². The topological polar surface area (TPSA) is 56.6 Å². The van der Waals surface area contributed by atoms with E-state index >= 15 is 0 Å². The Bertz CT molecular complexity index is 752. The Morgan fingerprint density at radius 1 is 1.00 bits per heavy atom. The molecule has 0 N–H and O–H groups in total. The molecule has 1 aromatic heterocycles. The summed E-state index contributed by atoms with van der Waals surface area (Å²) in [5.74, 6) is 0.864. The van der Waals surface area contributed by atoms with Crippen LogP contribution in [0, 0.1) is 5.41 Å². The van der Waals surface area contributed by atoms with Crippen LogP contribution >= 0.6 is 15.9 Å². The van der Waals surface area contributed by atoms with Gasteiger partial charge in [-0.15, -0.1) is 0 Å². The van der Waals surface area contributed by atoms with Crippen LogP contribution < -0.4 is 0 Å². The van der Waals surface area contributed by atoms with Crippen molar-refractivity contribution in [2.75, 3.05) is 13.2 Å². The molecule has 7 heteroatoms. The Hall–Kier alpha value is -1.08. The van der Waals surface area contributed by atoms with E-state index in [0.29, 0.717) is 18.7 Å². The Balaban J connectivity index is 1.62. The normalized spacial score (nSPS) is 16.8. The van der Waals surface area contributed by atoms with Crippen LogP contribution in [0.15, 0.2) is 10.8 Å². The van der Waals surface area contributed by atoms with Gasteiger partial charge in [0.25, 0.3) is 0 Å². The second-order valence-electron chi connectivity index (χ2n) is 12.3. The number of ether oxygens (including phenoxy) is 2. The molecule has 6 nitrogen and oxygen atoms in total. The molecule has 0 saturated carbocycles. The summed E-state index contributed by atoms with van der Waals surface area (Å²) in [6, 6.07) is -0.0757. The fourth-order valence-electron chi connectivity index (χ4n) is 4.60. The molecule has 0 aromatic carbocycles. The van der Waals surface area contributed by atoms with Crippen LogP contribution in [0.5, 0.6) is 0 Å². The SMILES string of the molecule is CC(C)(C)CCCCCCCCCCCOCn1cc(Br)nc1C1CCCN1C(=O)OC(C)(C)C. The van der Waals surface area contributed by atoms with E-state index in [1.807, 2.05) is 31.5 Å². The number of rotatable bonds is 14. The molecule has 2 heterocycles. The molecule has 1 amide bonds. The van der Waals surface area contributed by atoms with Crippen molar-refractivity contribution >= 4 is 22.0 Å². The second-order valence-corrected chi connectivity index (χ2v) is 13.1. The Labute approximate surface area is 222 Å². The molecule has 1 fully saturated rings. The fraction of sp³-hybridized carbons (Fsp3) is 0.857. The number of aromatic nitrogens is 2. The molecule has 0 radical (unpaired) electrons. The van der Waals surface area contributed by atoms with Crippen molar-refractivity contribution in [2.45, 2.75) is 137 Å². The first kappa shape index (κ1) is 30.1. The van der Waals surface area contributed by atoms with Gasteiger partial charge in [-0.05, 0) is 67.8 Å². The minimum Gasteiger partial charge on any atom is -0.444 e. The zero-order valence-corrected chi connectivity index (χ0v) is 24.8. The number of likely N-dealkylation sites (tertiary alicyclic amines) is 1. The zero-order chi connectivity index (χ0) is 25.9. The third-order valence-electron chi connectivity index (χ3n) is 6.40. The van der Waals surface area contributed by atoms with Crippen LogP contribution in [-0.2, 0) is 16.2 Å². The fourth-order valence-corrected chi connectivity index (χ4v) is 5.03. The number of imidazole rings is 1. The van der Waals surface area contributed by atoms with Gasteiger partial charge in [-0.3, -0.25) is 4.90 Å². The monoisotopic (exact) mass is 555 g/mol. The van der Waals surface area contributed by atoms with Gasteiger partial charge in [-0.25, -0.2) is 9.78 Å². The van der Waals surface area contributed by atoms with Gasteiger partial charge >= 0.3 is 6.09 Å². The van der Waals surface area contributed by atoms with Crippen molar-refractivity contribution in [2.24, 2.45) is 5.41 Å². The maximum Gasteiger partial charge on any atom is 0.410 e. The Morgan fingerprint density at radius 3 is 2.20 bits per heavy atom. The first-order valence-electron chi connectivity index (χ1n) is 13.8. The molecule has 1 atom stereocenters. The Morgan fingerprint density at radius 2 is 1.60 bits per heavy atom. The quantitative estimate of drug-likeness (QED) is 0.215. The van der Waals surface area contributed by atoms with E-state index in [0.717, 1.165) is 36.3 Å². The highest BCUT2D eigenvalue weighted by Crippen LogP contribution is 2.33. The number of carbonyl (C=O) groups excluding carboxylic acids is 1. The van der Waals surface area contributed by atoms with Crippen LogP contribution in [-0.4, -0.2) is 39.3 Å². The summed E-state index contributed by atoms with van der Waals surface area (Å²) >= 11 is 3.50. The maximum atomic E-state index is 12.7. The van der Waals surface area contributed by atoms with Gasteiger partial charge in [0, 0.05) is 19.3 Å². The molecule has 202 valence electrons. The summed E-state index contributed by atoms with van der Waals surface area (Å²) in [6.07, 6.45) is 16.7. The lowest BCUT2D eigenvalue weighted by atomic mass is 9.89. The average Bonchev–Trinajstić information content (AvgIpc) is 3.35. The van der Waals surface area contributed by atoms with Crippen molar-refractivity contribution in [1.82, 2.24) is 14.5 Å². The van der Waals surface area contributed by atoms with Gasteiger partial charge in [-0.2, -0.15) is 0 Å². The van der Waals surface area contributed by atoms with E-state index in [1.165, 1.54) is 57.8 Å². The van der Waals surface area contributed by atoms with Crippen molar-refractivity contribution in [3.63, 3.8) is 0 Å². The van der Waals surface area contributed by atoms with Crippen molar-refractivity contribution in [1.29, 1.82) is 0 Å². The molecule has 1 aliphatic rings. The van der Waals surface area contributed by atoms with Gasteiger partial charge in [0.15, 0.2) is 0 Å². The minimum atomic E-state index is -0.505. The van der Waals surface area contributed by atoms with Crippen molar-refractivity contribution in [3.05, 3.63) is 16.6 Å². The number of carbonyl (C=O) groups is 1. The lowest BCUT2D eigenvalue weighted by Crippen LogP contribution is -2.37. The predicted molar refractivity (Wildman–Crippen MR) is 146 cm³/mol. The van der Waals surface area contributed by atoms with E-state index in [-0.39, 0.29) is 12.1 Å². The van der Waals surface area contributed by atoms with Crippen molar-refractivity contribution in [3.8, 4) is 0 Å². The second kappa shape index (κ2) is 14.6. The molecule has 1 aliphatic heterocycles. The van der Waals surface area contributed by atoms with E-state index < -0.39 is 5.60 Å². The minimum absolute atomic E-state index is 0.0757.